The van der Waals surface area contributed by atoms with Crippen LogP contribution in [0.25, 0.3) is 0 Å². The van der Waals surface area contributed by atoms with Gasteiger partial charge in [0, 0.05) is 6.04 Å². The summed E-state index contributed by atoms with van der Waals surface area (Å²) in [5, 5.41) is 9.03. The predicted molar refractivity (Wildman–Crippen MR) is 77.5 cm³/mol. The molecule has 0 amide bonds. The SMILES string of the molecule is CC1CCCC(NS(=O)(=O)c2ccccc2C#N)CC1. The van der Waals surface area contributed by atoms with Crippen LogP contribution >= 0.6 is 0 Å². The molecule has 0 bridgehead atoms. The van der Waals surface area contributed by atoms with E-state index in [2.05, 4.69) is 11.6 Å². The van der Waals surface area contributed by atoms with E-state index in [0.29, 0.717) is 5.92 Å². The molecule has 2 atom stereocenters. The van der Waals surface area contributed by atoms with E-state index in [9.17, 15) is 8.42 Å². The highest BCUT2D eigenvalue weighted by molar-refractivity contribution is 7.89. The lowest BCUT2D eigenvalue weighted by atomic mass is 10.0. The van der Waals surface area contributed by atoms with Crippen molar-refractivity contribution < 1.29 is 8.42 Å². The number of nitrogens with one attached hydrogen (secondary N) is 1. The van der Waals surface area contributed by atoms with Crippen molar-refractivity contribution in [1.82, 2.24) is 4.72 Å². The summed E-state index contributed by atoms with van der Waals surface area (Å²) >= 11 is 0. The number of hydrogen-bond donors (Lipinski definition) is 1. The van der Waals surface area contributed by atoms with E-state index in [1.54, 1.807) is 12.1 Å². The molecule has 1 N–H and O–H groups in total. The van der Waals surface area contributed by atoms with Crippen molar-refractivity contribution in [2.75, 3.05) is 0 Å². The normalized spacial score (nSPS) is 23.8. The van der Waals surface area contributed by atoms with Crippen molar-refractivity contribution in [2.45, 2.75) is 50.0 Å². The Hall–Kier alpha value is -1.38. The van der Waals surface area contributed by atoms with Crippen molar-refractivity contribution in [2.24, 2.45) is 5.92 Å². The first kappa shape index (κ1) is 15.0. The molecule has 108 valence electrons. The fraction of sp³-hybridized carbons (Fsp3) is 0.533. The molecule has 0 aromatic heterocycles. The first-order valence-electron chi connectivity index (χ1n) is 7.04. The van der Waals surface area contributed by atoms with Crippen LogP contribution in [0.1, 0.15) is 44.6 Å². The number of rotatable bonds is 3. The van der Waals surface area contributed by atoms with Gasteiger partial charge < -0.3 is 0 Å². The van der Waals surface area contributed by atoms with Crippen molar-refractivity contribution >= 4 is 10.0 Å². The predicted octanol–water partition coefficient (Wildman–Crippen LogP) is 2.81. The third-order valence-corrected chi connectivity index (χ3v) is 5.45. The van der Waals surface area contributed by atoms with Crippen LogP contribution in [0.4, 0.5) is 0 Å². The summed E-state index contributed by atoms with van der Waals surface area (Å²) < 4.78 is 27.6. The molecule has 1 aliphatic rings. The van der Waals surface area contributed by atoms with Gasteiger partial charge in [0.05, 0.1) is 10.5 Å². The van der Waals surface area contributed by atoms with Gasteiger partial charge in [-0.05, 0) is 37.3 Å². The van der Waals surface area contributed by atoms with E-state index in [1.807, 2.05) is 6.07 Å². The van der Waals surface area contributed by atoms with E-state index in [-0.39, 0.29) is 16.5 Å². The highest BCUT2D eigenvalue weighted by Crippen LogP contribution is 2.24. The lowest BCUT2D eigenvalue weighted by molar-refractivity contribution is 0.484. The Kier molecular flexibility index (Phi) is 4.79. The molecule has 4 nitrogen and oxygen atoms in total. The first-order chi connectivity index (χ1) is 9.53. The molecule has 0 aliphatic heterocycles. The maximum absolute atomic E-state index is 12.4. The Balaban J connectivity index is 2.17. The van der Waals surface area contributed by atoms with Gasteiger partial charge in [-0.2, -0.15) is 5.26 Å². The molecule has 1 fully saturated rings. The van der Waals surface area contributed by atoms with Gasteiger partial charge >= 0.3 is 0 Å². The van der Waals surface area contributed by atoms with Gasteiger partial charge in [0.25, 0.3) is 0 Å². The molecule has 1 saturated carbocycles. The number of hydrogen-bond acceptors (Lipinski definition) is 3. The minimum Gasteiger partial charge on any atom is -0.208 e. The van der Waals surface area contributed by atoms with Gasteiger partial charge in [-0.3, -0.25) is 0 Å². The smallest absolute Gasteiger partial charge is 0.208 e. The lowest BCUT2D eigenvalue weighted by Crippen LogP contribution is -2.34. The zero-order valence-electron chi connectivity index (χ0n) is 11.7. The number of nitrogens with zero attached hydrogens (tertiary/aromatic N) is 1. The lowest BCUT2D eigenvalue weighted by Gasteiger charge is -2.17. The zero-order valence-corrected chi connectivity index (χ0v) is 12.5. The first-order valence-corrected chi connectivity index (χ1v) is 8.52. The molecule has 2 rings (SSSR count). The summed E-state index contributed by atoms with van der Waals surface area (Å²) in [5.41, 5.74) is 0.196. The van der Waals surface area contributed by atoms with Crippen LogP contribution in [0.5, 0.6) is 0 Å². The summed E-state index contributed by atoms with van der Waals surface area (Å²) in [6.45, 7) is 2.21. The van der Waals surface area contributed by atoms with Gasteiger partial charge in [-0.25, -0.2) is 13.1 Å². The maximum Gasteiger partial charge on any atom is 0.242 e. The van der Waals surface area contributed by atoms with Gasteiger partial charge in [-0.1, -0.05) is 31.9 Å². The van der Waals surface area contributed by atoms with E-state index in [4.69, 9.17) is 5.26 Å². The Bertz CT molecular complexity index is 605. The van der Waals surface area contributed by atoms with Crippen LogP contribution in [0.2, 0.25) is 0 Å². The van der Waals surface area contributed by atoms with Gasteiger partial charge in [0.1, 0.15) is 6.07 Å². The molecule has 0 spiro atoms. The van der Waals surface area contributed by atoms with E-state index >= 15 is 0 Å². The second-order valence-electron chi connectivity index (χ2n) is 5.54. The van der Waals surface area contributed by atoms with Crippen LogP contribution < -0.4 is 4.72 Å². The molecule has 1 aromatic rings. The van der Waals surface area contributed by atoms with E-state index in [0.717, 1.165) is 32.1 Å². The molecule has 2 unspecified atom stereocenters. The van der Waals surface area contributed by atoms with Crippen molar-refractivity contribution in [3.05, 3.63) is 29.8 Å². The summed E-state index contributed by atoms with van der Waals surface area (Å²) in [4.78, 5) is 0.0831. The summed E-state index contributed by atoms with van der Waals surface area (Å²) in [6, 6.07) is 8.25. The summed E-state index contributed by atoms with van der Waals surface area (Å²) in [6.07, 6.45) is 5.00. The molecular formula is C15H20N2O2S. The topological polar surface area (TPSA) is 70.0 Å². The molecule has 20 heavy (non-hydrogen) atoms. The van der Waals surface area contributed by atoms with Crippen LogP contribution in [-0.4, -0.2) is 14.5 Å². The van der Waals surface area contributed by atoms with Gasteiger partial charge in [0.2, 0.25) is 10.0 Å². The average molecular weight is 292 g/mol. The second-order valence-corrected chi connectivity index (χ2v) is 7.22. The summed E-state index contributed by atoms with van der Waals surface area (Å²) in [7, 11) is -3.61. The largest absolute Gasteiger partial charge is 0.242 e. The number of benzene rings is 1. The monoisotopic (exact) mass is 292 g/mol. The highest BCUT2D eigenvalue weighted by atomic mass is 32.2. The third-order valence-electron chi connectivity index (χ3n) is 3.88. The number of nitriles is 1. The quantitative estimate of drug-likeness (QED) is 0.871. The molecule has 1 aromatic carbocycles. The summed E-state index contributed by atoms with van der Waals surface area (Å²) in [5.74, 6) is 0.663. The van der Waals surface area contributed by atoms with Crippen LogP contribution in [-0.2, 0) is 10.0 Å². The Morgan fingerprint density at radius 3 is 2.70 bits per heavy atom. The minimum atomic E-state index is -3.61. The Morgan fingerprint density at radius 2 is 1.95 bits per heavy atom. The van der Waals surface area contributed by atoms with Crippen molar-refractivity contribution in [3.63, 3.8) is 0 Å². The number of sulfonamides is 1. The molecule has 0 radical (unpaired) electrons. The van der Waals surface area contributed by atoms with Crippen molar-refractivity contribution in [1.29, 1.82) is 5.26 Å². The fourth-order valence-electron chi connectivity index (χ4n) is 2.68. The van der Waals surface area contributed by atoms with Crippen LogP contribution in [0, 0.1) is 17.2 Å². The molecule has 1 aliphatic carbocycles. The maximum atomic E-state index is 12.4. The minimum absolute atomic E-state index is 0.0169. The average Bonchev–Trinajstić information content (AvgIpc) is 2.63. The third kappa shape index (κ3) is 3.59. The molecule has 0 heterocycles. The van der Waals surface area contributed by atoms with Gasteiger partial charge in [0.15, 0.2) is 0 Å². The van der Waals surface area contributed by atoms with Crippen LogP contribution in [0.3, 0.4) is 0 Å². The highest BCUT2D eigenvalue weighted by Gasteiger charge is 2.24. The Labute approximate surface area is 120 Å². The molecule has 0 saturated heterocycles. The molecular weight excluding hydrogens is 272 g/mol. The van der Waals surface area contributed by atoms with E-state index < -0.39 is 10.0 Å². The van der Waals surface area contributed by atoms with Crippen LogP contribution in [0.15, 0.2) is 29.2 Å². The van der Waals surface area contributed by atoms with Gasteiger partial charge in [-0.15, -0.1) is 0 Å². The fourth-order valence-corrected chi connectivity index (χ4v) is 4.14. The van der Waals surface area contributed by atoms with E-state index in [1.165, 1.54) is 12.1 Å². The zero-order chi connectivity index (χ0) is 14.6. The Morgan fingerprint density at radius 1 is 1.20 bits per heavy atom. The molecule has 5 heteroatoms. The standard InChI is InChI=1S/C15H20N2O2S/c1-12-5-4-7-14(10-9-12)17-20(18,19)15-8-3-2-6-13(15)11-16/h2-3,6,8,12,14,17H,4-5,7,9-10H2,1H3. The second kappa shape index (κ2) is 6.38. The van der Waals surface area contributed by atoms with Crippen molar-refractivity contribution in [3.8, 4) is 6.07 Å².